The average molecular weight is 227 g/mol. The number of ether oxygens (including phenoxy) is 2. The van der Waals surface area contributed by atoms with Crippen LogP contribution in [-0.2, 0) is 9.47 Å². The molecular weight excluding hydrogens is 202 g/mol. The first-order chi connectivity index (χ1) is 7.75. The molecule has 0 spiro atoms. The summed E-state index contributed by atoms with van der Waals surface area (Å²) in [6.07, 6.45) is 9.39. The Morgan fingerprint density at radius 1 is 1.12 bits per heavy atom. The third kappa shape index (κ3) is 3.44. The zero-order chi connectivity index (χ0) is 11.4. The van der Waals surface area contributed by atoms with E-state index in [9.17, 15) is 0 Å². The van der Waals surface area contributed by atoms with Crippen molar-refractivity contribution in [2.75, 3.05) is 6.61 Å². The molecule has 1 aliphatic carbocycles. The Balaban J connectivity index is 1.71. The molecule has 0 aromatic rings. The predicted octanol–water partition coefficient (Wildman–Crippen LogP) is 2.23. The van der Waals surface area contributed by atoms with Crippen molar-refractivity contribution >= 4 is 0 Å². The van der Waals surface area contributed by atoms with E-state index in [1.165, 1.54) is 25.7 Å². The van der Waals surface area contributed by atoms with E-state index in [2.05, 4.69) is 6.92 Å². The van der Waals surface area contributed by atoms with Crippen LogP contribution in [0.5, 0.6) is 0 Å². The van der Waals surface area contributed by atoms with Crippen LogP contribution < -0.4 is 5.73 Å². The van der Waals surface area contributed by atoms with Gasteiger partial charge in [-0.3, -0.25) is 0 Å². The molecule has 1 heterocycles. The van der Waals surface area contributed by atoms with Crippen molar-refractivity contribution in [1.82, 2.24) is 0 Å². The van der Waals surface area contributed by atoms with Crippen LogP contribution in [0.3, 0.4) is 0 Å². The highest BCUT2D eigenvalue weighted by molar-refractivity contribution is 4.78. The minimum Gasteiger partial charge on any atom is -0.374 e. The molecule has 0 radical (unpaired) electrons. The molecule has 2 N–H and O–H groups in total. The Bertz CT molecular complexity index is 210. The first-order valence-electron chi connectivity index (χ1n) is 6.78. The molecule has 1 aliphatic heterocycles. The maximum Gasteiger partial charge on any atom is 0.0813 e. The fourth-order valence-electron chi connectivity index (χ4n) is 2.75. The highest BCUT2D eigenvalue weighted by Crippen LogP contribution is 2.23. The van der Waals surface area contributed by atoms with Crippen LogP contribution in [0.25, 0.3) is 0 Å². The summed E-state index contributed by atoms with van der Waals surface area (Å²) >= 11 is 0. The second-order valence-electron chi connectivity index (χ2n) is 5.32. The fourth-order valence-corrected chi connectivity index (χ4v) is 2.75. The summed E-state index contributed by atoms with van der Waals surface area (Å²) in [6.45, 7) is 2.88. The van der Waals surface area contributed by atoms with Crippen LogP contribution in [0, 0.1) is 0 Å². The van der Waals surface area contributed by atoms with Crippen LogP contribution in [0.15, 0.2) is 0 Å². The Labute approximate surface area is 98.7 Å². The first kappa shape index (κ1) is 12.3. The van der Waals surface area contributed by atoms with Gasteiger partial charge < -0.3 is 15.2 Å². The second kappa shape index (κ2) is 5.99. The molecule has 3 nitrogen and oxygen atoms in total. The van der Waals surface area contributed by atoms with Gasteiger partial charge >= 0.3 is 0 Å². The maximum atomic E-state index is 6.13. The summed E-state index contributed by atoms with van der Waals surface area (Å²) in [5.41, 5.74) is 6.13. The molecule has 0 aromatic heterocycles. The van der Waals surface area contributed by atoms with Crippen molar-refractivity contribution in [2.24, 2.45) is 5.73 Å². The number of hydrogen-bond acceptors (Lipinski definition) is 3. The number of nitrogens with two attached hydrogens (primary N) is 1. The molecule has 2 fully saturated rings. The van der Waals surface area contributed by atoms with E-state index >= 15 is 0 Å². The standard InChI is InChI=1S/C13H25NO2/c1-10-7-8-11(16-10)9-15-13-6-4-2-3-5-12(13)14/h10-13H,2-9,14H2,1H3. The van der Waals surface area contributed by atoms with Crippen LogP contribution >= 0.6 is 0 Å². The van der Waals surface area contributed by atoms with E-state index in [-0.39, 0.29) is 12.1 Å². The Hall–Kier alpha value is -0.120. The average Bonchev–Trinajstić information content (AvgIpc) is 2.56. The maximum absolute atomic E-state index is 6.13. The lowest BCUT2D eigenvalue weighted by Crippen LogP contribution is -2.37. The molecule has 3 heteroatoms. The lowest BCUT2D eigenvalue weighted by atomic mass is 10.1. The molecular formula is C13H25NO2. The van der Waals surface area contributed by atoms with E-state index in [0.717, 1.165) is 25.9 Å². The van der Waals surface area contributed by atoms with E-state index in [1.807, 2.05) is 0 Å². The summed E-state index contributed by atoms with van der Waals surface area (Å²) in [7, 11) is 0. The summed E-state index contributed by atoms with van der Waals surface area (Å²) in [6, 6.07) is 0.237. The lowest BCUT2D eigenvalue weighted by Gasteiger charge is -2.23. The molecule has 16 heavy (non-hydrogen) atoms. The molecule has 0 amide bonds. The van der Waals surface area contributed by atoms with Gasteiger partial charge in [0.1, 0.15) is 0 Å². The topological polar surface area (TPSA) is 44.5 Å². The van der Waals surface area contributed by atoms with Gasteiger partial charge in [0.25, 0.3) is 0 Å². The SMILES string of the molecule is CC1CCC(COC2CCCCCC2N)O1. The first-order valence-corrected chi connectivity index (χ1v) is 6.78. The van der Waals surface area contributed by atoms with Gasteiger partial charge in [0.05, 0.1) is 24.9 Å². The molecule has 2 rings (SSSR count). The Morgan fingerprint density at radius 2 is 1.94 bits per heavy atom. The van der Waals surface area contributed by atoms with E-state index < -0.39 is 0 Å². The summed E-state index contributed by atoms with van der Waals surface area (Å²) in [4.78, 5) is 0. The van der Waals surface area contributed by atoms with E-state index in [0.29, 0.717) is 12.2 Å². The van der Waals surface area contributed by atoms with Gasteiger partial charge in [-0.05, 0) is 32.6 Å². The largest absolute Gasteiger partial charge is 0.374 e. The van der Waals surface area contributed by atoms with Gasteiger partial charge in [0, 0.05) is 6.04 Å². The Morgan fingerprint density at radius 3 is 2.69 bits per heavy atom. The molecule has 0 aromatic carbocycles. The van der Waals surface area contributed by atoms with Gasteiger partial charge in [-0.1, -0.05) is 19.3 Å². The second-order valence-corrected chi connectivity index (χ2v) is 5.32. The van der Waals surface area contributed by atoms with Gasteiger partial charge in [-0.15, -0.1) is 0 Å². The Kier molecular flexibility index (Phi) is 4.62. The van der Waals surface area contributed by atoms with Crippen LogP contribution in [-0.4, -0.2) is 31.0 Å². The van der Waals surface area contributed by atoms with Crippen molar-refractivity contribution in [3.63, 3.8) is 0 Å². The summed E-state index contributed by atoms with van der Waals surface area (Å²) < 4.78 is 11.7. The van der Waals surface area contributed by atoms with E-state index in [1.54, 1.807) is 0 Å². The number of rotatable bonds is 3. The molecule has 1 saturated carbocycles. The molecule has 4 unspecified atom stereocenters. The fraction of sp³-hybridized carbons (Fsp3) is 1.00. The zero-order valence-electron chi connectivity index (χ0n) is 10.4. The summed E-state index contributed by atoms with van der Waals surface area (Å²) in [5, 5.41) is 0. The van der Waals surface area contributed by atoms with E-state index in [4.69, 9.17) is 15.2 Å². The highest BCUT2D eigenvalue weighted by atomic mass is 16.5. The van der Waals surface area contributed by atoms with Gasteiger partial charge in [0.15, 0.2) is 0 Å². The van der Waals surface area contributed by atoms with Crippen molar-refractivity contribution in [1.29, 1.82) is 0 Å². The van der Waals surface area contributed by atoms with Gasteiger partial charge in [0.2, 0.25) is 0 Å². The highest BCUT2D eigenvalue weighted by Gasteiger charge is 2.25. The quantitative estimate of drug-likeness (QED) is 0.752. The van der Waals surface area contributed by atoms with Crippen molar-refractivity contribution < 1.29 is 9.47 Å². The normalized spacial score (nSPS) is 40.9. The number of hydrogen-bond donors (Lipinski definition) is 1. The van der Waals surface area contributed by atoms with Crippen molar-refractivity contribution in [3.05, 3.63) is 0 Å². The van der Waals surface area contributed by atoms with Crippen molar-refractivity contribution in [2.45, 2.75) is 76.2 Å². The zero-order valence-corrected chi connectivity index (χ0v) is 10.4. The molecule has 94 valence electrons. The van der Waals surface area contributed by atoms with Crippen LogP contribution in [0.4, 0.5) is 0 Å². The smallest absolute Gasteiger partial charge is 0.0813 e. The summed E-state index contributed by atoms with van der Waals surface area (Å²) in [5.74, 6) is 0. The molecule has 2 aliphatic rings. The van der Waals surface area contributed by atoms with Crippen LogP contribution in [0.2, 0.25) is 0 Å². The minimum absolute atomic E-state index is 0.237. The van der Waals surface area contributed by atoms with Gasteiger partial charge in [-0.25, -0.2) is 0 Å². The third-order valence-corrected chi connectivity index (χ3v) is 3.82. The minimum atomic E-state index is 0.237. The monoisotopic (exact) mass is 227 g/mol. The predicted molar refractivity (Wildman–Crippen MR) is 64.4 cm³/mol. The lowest BCUT2D eigenvalue weighted by molar-refractivity contribution is -0.0461. The van der Waals surface area contributed by atoms with Gasteiger partial charge in [-0.2, -0.15) is 0 Å². The molecule has 0 bridgehead atoms. The van der Waals surface area contributed by atoms with Crippen molar-refractivity contribution in [3.8, 4) is 0 Å². The van der Waals surface area contributed by atoms with Crippen LogP contribution in [0.1, 0.15) is 51.9 Å². The molecule has 1 saturated heterocycles. The third-order valence-electron chi connectivity index (χ3n) is 3.82. The molecule has 4 atom stereocenters.